The standard InChI is InChI=1S/C12H11ClFN3OS/c1-2-5-17-11(15-16-12(17)19)7-18-8-3-4-10(14)9(13)6-8/h2-4,6H,1,5,7H2,(H,16,19). The fourth-order valence-corrected chi connectivity index (χ4v) is 1.89. The summed E-state index contributed by atoms with van der Waals surface area (Å²) in [6.45, 7) is 4.39. The van der Waals surface area contributed by atoms with E-state index in [-0.39, 0.29) is 11.6 Å². The third kappa shape index (κ3) is 3.21. The van der Waals surface area contributed by atoms with E-state index in [1.165, 1.54) is 18.2 Å². The number of nitrogens with zero attached hydrogens (tertiary/aromatic N) is 2. The zero-order valence-electron chi connectivity index (χ0n) is 9.90. The Balaban J connectivity index is 2.12. The minimum absolute atomic E-state index is 0.0162. The van der Waals surface area contributed by atoms with Crippen molar-refractivity contribution in [2.45, 2.75) is 13.2 Å². The molecule has 0 amide bonds. The lowest BCUT2D eigenvalue weighted by Crippen LogP contribution is -2.06. The Morgan fingerprint density at radius 3 is 3.05 bits per heavy atom. The number of halogens is 2. The minimum atomic E-state index is -0.483. The van der Waals surface area contributed by atoms with Crippen LogP contribution in [0.1, 0.15) is 5.82 Å². The maximum absolute atomic E-state index is 13.0. The minimum Gasteiger partial charge on any atom is -0.486 e. The Morgan fingerprint density at radius 1 is 1.58 bits per heavy atom. The van der Waals surface area contributed by atoms with E-state index in [0.717, 1.165) is 0 Å². The average molecular weight is 300 g/mol. The second-order valence-electron chi connectivity index (χ2n) is 3.71. The van der Waals surface area contributed by atoms with Crippen molar-refractivity contribution in [2.24, 2.45) is 0 Å². The molecule has 19 heavy (non-hydrogen) atoms. The van der Waals surface area contributed by atoms with Gasteiger partial charge in [0.2, 0.25) is 0 Å². The van der Waals surface area contributed by atoms with Crippen LogP contribution in [0.25, 0.3) is 0 Å². The van der Waals surface area contributed by atoms with Crippen molar-refractivity contribution in [1.82, 2.24) is 14.8 Å². The molecule has 0 atom stereocenters. The molecule has 1 N–H and O–H groups in total. The molecule has 1 aromatic heterocycles. The van der Waals surface area contributed by atoms with Gasteiger partial charge in [0.25, 0.3) is 0 Å². The number of allylic oxidation sites excluding steroid dienone is 1. The predicted molar refractivity (Wildman–Crippen MR) is 73.4 cm³/mol. The Morgan fingerprint density at radius 2 is 2.37 bits per heavy atom. The normalized spacial score (nSPS) is 10.4. The van der Waals surface area contributed by atoms with Gasteiger partial charge in [-0.1, -0.05) is 17.7 Å². The van der Waals surface area contributed by atoms with Crippen LogP contribution in [0.5, 0.6) is 5.75 Å². The molecule has 0 aliphatic heterocycles. The van der Waals surface area contributed by atoms with Gasteiger partial charge >= 0.3 is 0 Å². The van der Waals surface area contributed by atoms with Crippen molar-refractivity contribution < 1.29 is 9.13 Å². The van der Waals surface area contributed by atoms with Crippen molar-refractivity contribution in [3.63, 3.8) is 0 Å². The molecule has 0 spiro atoms. The Hall–Kier alpha value is -1.66. The number of H-pyrrole nitrogens is 1. The smallest absolute Gasteiger partial charge is 0.195 e. The van der Waals surface area contributed by atoms with Crippen LogP contribution in [0, 0.1) is 10.6 Å². The summed E-state index contributed by atoms with van der Waals surface area (Å²) >= 11 is 10.7. The first kappa shape index (κ1) is 13.8. The third-order valence-corrected chi connectivity index (χ3v) is 3.01. The second-order valence-corrected chi connectivity index (χ2v) is 4.50. The van der Waals surface area contributed by atoms with Crippen molar-refractivity contribution in [2.75, 3.05) is 0 Å². The Labute approximate surface area is 119 Å². The highest BCUT2D eigenvalue weighted by Gasteiger charge is 2.07. The third-order valence-electron chi connectivity index (χ3n) is 2.41. The molecule has 2 aromatic rings. The van der Waals surface area contributed by atoms with Gasteiger partial charge in [-0.3, -0.25) is 9.67 Å². The van der Waals surface area contributed by atoms with E-state index in [4.69, 9.17) is 28.6 Å². The summed E-state index contributed by atoms with van der Waals surface area (Å²) < 4.78 is 20.7. The maximum Gasteiger partial charge on any atom is 0.195 e. The van der Waals surface area contributed by atoms with E-state index >= 15 is 0 Å². The summed E-state index contributed by atoms with van der Waals surface area (Å²) in [6, 6.07) is 4.16. The number of ether oxygens (including phenoxy) is 1. The molecule has 0 fully saturated rings. The lowest BCUT2D eigenvalue weighted by atomic mass is 10.3. The summed E-state index contributed by atoms with van der Waals surface area (Å²) in [5, 5.41) is 6.75. The van der Waals surface area contributed by atoms with Crippen LogP contribution in [0.2, 0.25) is 5.02 Å². The van der Waals surface area contributed by atoms with E-state index in [9.17, 15) is 4.39 Å². The molecule has 4 nitrogen and oxygen atoms in total. The molecule has 0 saturated heterocycles. The highest BCUT2D eigenvalue weighted by atomic mass is 35.5. The maximum atomic E-state index is 13.0. The number of hydrogen-bond donors (Lipinski definition) is 1. The molecule has 2 rings (SSSR count). The molecular formula is C12H11ClFN3OS. The molecule has 7 heteroatoms. The van der Waals surface area contributed by atoms with E-state index in [1.807, 2.05) is 0 Å². The first-order valence-electron chi connectivity index (χ1n) is 5.44. The molecule has 0 bridgehead atoms. The molecule has 0 aliphatic carbocycles. The van der Waals surface area contributed by atoms with Gasteiger partial charge in [0.15, 0.2) is 10.6 Å². The highest BCUT2D eigenvalue weighted by molar-refractivity contribution is 7.71. The lowest BCUT2D eigenvalue weighted by Gasteiger charge is -2.07. The lowest BCUT2D eigenvalue weighted by molar-refractivity contribution is 0.289. The molecule has 1 heterocycles. The van der Waals surface area contributed by atoms with E-state index in [2.05, 4.69) is 16.8 Å². The van der Waals surface area contributed by atoms with Gasteiger partial charge in [0.1, 0.15) is 18.2 Å². The molecule has 0 unspecified atom stereocenters. The fraction of sp³-hybridized carbons (Fsp3) is 0.167. The molecule has 0 aliphatic rings. The quantitative estimate of drug-likeness (QED) is 0.679. The van der Waals surface area contributed by atoms with Crippen molar-refractivity contribution in [1.29, 1.82) is 0 Å². The Bertz CT molecular complexity index is 653. The van der Waals surface area contributed by atoms with Crippen LogP contribution in [0.4, 0.5) is 4.39 Å². The van der Waals surface area contributed by atoms with Gasteiger partial charge in [-0.15, -0.1) is 6.58 Å². The van der Waals surface area contributed by atoms with Crippen LogP contribution in [0.3, 0.4) is 0 Å². The molecule has 1 aromatic carbocycles. The SMILES string of the molecule is C=CCn1c(COc2ccc(F)c(Cl)c2)n[nH]c1=S. The van der Waals surface area contributed by atoms with Crippen LogP contribution in [-0.4, -0.2) is 14.8 Å². The van der Waals surface area contributed by atoms with Gasteiger partial charge in [-0.2, -0.15) is 5.10 Å². The van der Waals surface area contributed by atoms with E-state index in [1.54, 1.807) is 10.6 Å². The van der Waals surface area contributed by atoms with Gasteiger partial charge in [-0.05, 0) is 24.4 Å². The Kier molecular flexibility index (Phi) is 4.34. The monoisotopic (exact) mass is 299 g/mol. The summed E-state index contributed by atoms with van der Waals surface area (Å²) in [5.74, 6) is 0.610. The van der Waals surface area contributed by atoms with Crippen LogP contribution in [-0.2, 0) is 13.2 Å². The zero-order chi connectivity index (χ0) is 13.8. The van der Waals surface area contributed by atoms with E-state index in [0.29, 0.717) is 22.9 Å². The summed E-state index contributed by atoms with van der Waals surface area (Å²) in [4.78, 5) is 0. The number of nitrogens with one attached hydrogen (secondary N) is 1. The van der Waals surface area contributed by atoms with E-state index < -0.39 is 5.82 Å². The summed E-state index contributed by atoms with van der Waals surface area (Å²) in [7, 11) is 0. The number of aromatic nitrogens is 3. The van der Waals surface area contributed by atoms with Gasteiger partial charge < -0.3 is 4.74 Å². The molecule has 100 valence electrons. The molecule has 0 saturated carbocycles. The molecular weight excluding hydrogens is 289 g/mol. The van der Waals surface area contributed by atoms with Crippen LogP contribution >= 0.6 is 23.8 Å². The van der Waals surface area contributed by atoms with Gasteiger partial charge in [0.05, 0.1) is 5.02 Å². The number of rotatable bonds is 5. The van der Waals surface area contributed by atoms with Crippen LogP contribution < -0.4 is 4.74 Å². The number of hydrogen-bond acceptors (Lipinski definition) is 3. The highest BCUT2D eigenvalue weighted by Crippen LogP contribution is 2.21. The first-order chi connectivity index (χ1) is 9.11. The first-order valence-corrected chi connectivity index (χ1v) is 6.23. The largest absolute Gasteiger partial charge is 0.486 e. The predicted octanol–water partition coefficient (Wildman–Crippen LogP) is 3.50. The van der Waals surface area contributed by atoms with Crippen molar-refractivity contribution >= 4 is 23.8 Å². The van der Waals surface area contributed by atoms with Crippen LogP contribution in [0.15, 0.2) is 30.9 Å². The fourth-order valence-electron chi connectivity index (χ4n) is 1.49. The van der Waals surface area contributed by atoms with Gasteiger partial charge in [0, 0.05) is 12.6 Å². The topological polar surface area (TPSA) is 42.8 Å². The number of benzene rings is 1. The van der Waals surface area contributed by atoms with Crippen molar-refractivity contribution in [3.8, 4) is 5.75 Å². The molecule has 0 radical (unpaired) electrons. The van der Waals surface area contributed by atoms with Gasteiger partial charge in [-0.25, -0.2) is 4.39 Å². The average Bonchev–Trinajstić information content (AvgIpc) is 2.73. The summed E-state index contributed by atoms with van der Waals surface area (Å²) in [6.07, 6.45) is 1.71. The summed E-state index contributed by atoms with van der Waals surface area (Å²) in [5.41, 5.74) is 0. The number of aromatic amines is 1. The zero-order valence-corrected chi connectivity index (χ0v) is 11.5. The van der Waals surface area contributed by atoms with Crippen molar-refractivity contribution in [3.05, 3.63) is 52.3 Å². The second kappa shape index (κ2) is 5.99.